The molecule has 32 heavy (non-hydrogen) atoms. The van der Waals surface area contributed by atoms with Gasteiger partial charge >= 0.3 is 0 Å². The first-order valence-corrected chi connectivity index (χ1v) is 12.8. The number of benzene rings is 2. The minimum Gasteiger partial charge on any atom is -0.490 e. The topological polar surface area (TPSA) is 69.2 Å². The number of hydrogen-bond donors (Lipinski definition) is 1. The first-order valence-electron chi connectivity index (χ1n) is 10.5. The Balaban J connectivity index is 1.79. The van der Waals surface area contributed by atoms with Crippen LogP contribution in [0.25, 0.3) is 22.2 Å². The molecule has 8 heteroatoms. The third-order valence-electron chi connectivity index (χ3n) is 4.72. The predicted octanol–water partition coefficient (Wildman–Crippen LogP) is 6.47. The lowest BCUT2D eigenvalue weighted by molar-refractivity contribution is 0.288. The molecule has 1 N–H and O–H groups in total. The summed E-state index contributed by atoms with van der Waals surface area (Å²) in [6.07, 6.45) is 2.05. The average molecular weight is 467 g/mol. The largest absolute Gasteiger partial charge is 0.490 e. The van der Waals surface area contributed by atoms with E-state index in [0.29, 0.717) is 24.7 Å². The summed E-state index contributed by atoms with van der Waals surface area (Å²) in [7, 11) is 0. The quantitative estimate of drug-likeness (QED) is 0.303. The maximum absolute atomic E-state index is 5.84. The number of ether oxygens (including phenoxy) is 2. The molecule has 2 aromatic heterocycles. The molecule has 4 aromatic rings. The molecule has 0 aliphatic heterocycles. The number of nitrogens with one attached hydrogen (secondary N) is 1. The van der Waals surface area contributed by atoms with Gasteiger partial charge in [-0.05, 0) is 45.2 Å². The van der Waals surface area contributed by atoms with Crippen LogP contribution >= 0.6 is 23.1 Å². The van der Waals surface area contributed by atoms with E-state index in [0.717, 1.165) is 50.3 Å². The van der Waals surface area contributed by atoms with E-state index in [2.05, 4.69) is 27.8 Å². The first kappa shape index (κ1) is 22.4. The number of aryl methyl sites for hydroxylation is 1. The number of nitrogens with zero attached hydrogens (tertiary/aromatic N) is 3. The van der Waals surface area contributed by atoms with E-state index in [4.69, 9.17) is 19.4 Å². The Hall–Kier alpha value is -2.84. The Morgan fingerprint density at radius 2 is 1.78 bits per heavy atom. The van der Waals surface area contributed by atoms with Crippen LogP contribution in [-0.2, 0) is 5.75 Å². The van der Waals surface area contributed by atoms with Gasteiger partial charge in [0.25, 0.3) is 0 Å². The van der Waals surface area contributed by atoms with E-state index in [1.807, 2.05) is 51.3 Å². The fraction of sp³-hybridized carbons (Fsp3) is 0.292. The maximum Gasteiger partial charge on any atom is 0.163 e. The van der Waals surface area contributed by atoms with Gasteiger partial charge in [0, 0.05) is 28.1 Å². The van der Waals surface area contributed by atoms with E-state index < -0.39 is 0 Å². The van der Waals surface area contributed by atoms with Crippen molar-refractivity contribution in [3.8, 4) is 22.8 Å². The van der Waals surface area contributed by atoms with Gasteiger partial charge in [-0.3, -0.25) is 0 Å². The van der Waals surface area contributed by atoms with Crippen molar-refractivity contribution < 1.29 is 9.47 Å². The van der Waals surface area contributed by atoms with Crippen molar-refractivity contribution in [1.82, 2.24) is 15.0 Å². The fourth-order valence-corrected chi connectivity index (χ4v) is 4.41. The van der Waals surface area contributed by atoms with Crippen LogP contribution in [0.15, 0.2) is 41.8 Å². The number of rotatable bonds is 9. The van der Waals surface area contributed by atoms with E-state index in [-0.39, 0.29) is 0 Å². The fourth-order valence-electron chi connectivity index (χ4n) is 3.40. The van der Waals surface area contributed by atoms with E-state index >= 15 is 0 Å². The van der Waals surface area contributed by atoms with Crippen molar-refractivity contribution in [3.63, 3.8) is 0 Å². The molecule has 0 saturated heterocycles. The summed E-state index contributed by atoms with van der Waals surface area (Å²) in [5.41, 5.74) is 3.81. The van der Waals surface area contributed by atoms with E-state index in [9.17, 15) is 0 Å². The molecule has 0 unspecified atom stereocenters. The molecular formula is C24H26N4O2S2. The highest BCUT2D eigenvalue weighted by Crippen LogP contribution is 2.36. The molecule has 0 amide bonds. The van der Waals surface area contributed by atoms with Crippen LogP contribution < -0.4 is 14.8 Å². The number of thiazole rings is 1. The van der Waals surface area contributed by atoms with Gasteiger partial charge < -0.3 is 14.8 Å². The van der Waals surface area contributed by atoms with Gasteiger partial charge in [0.1, 0.15) is 11.6 Å². The Labute approximate surface area is 196 Å². The maximum atomic E-state index is 5.84. The van der Waals surface area contributed by atoms with Gasteiger partial charge in [-0.1, -0.05) is 12.1 Å². The highest BCUT2D eigenvalue weighted by Gasteiger charge is 2.15. The Kier molecular flexibility index (Phi) is 7.12. The molecule has 0 aliphatic carbocycles. The zero-order chi connectivity index (χ0) is 22.5. The first-order chi connectivity index (χ1) is 15.6. The third-order valence-corrected chi connectivity index (χ3v) is 6.04. The molecule has 0 radical (unpaired) electrons. The minimum absolute atomic E-state index is 0.550. The zero-order valence-corrected chi connectivity index (χ0v) is 20.3. The summed E-state index contributed by atoms with van der Waals surface area (Å²) in [6, 6.07) is 12.1. The monoisotopic (exact) mass is 466 g/mol. The van der Waals surface area contributed by atoms with Crippen molar-refractivity contribution in [1.29, 1.82) is 0 Å². The van der Waals surface area contributed by atoms with Gasteiger partial charge in [0.2, 0.25) is 0 Å². The second-order valence-corrected chi connectivity index (χ2v) is 8.99. The van der Waals surface area contributed by atoms with E-state index in [1.54, 1.807) is 23.1 Å². The van der Waals surface area contributed by atoms with Gasteiger partial charge in [-0.15, -0.1) is 11.3 Å². The van der Waals surface area contributed by atoms with Crippen molar-refractivity contribution in [2.75, 3.05) is 24.8 Å². The molecular weight excluding hydrogens is 440 g/mol. The highest BCUT2D eigenvalue weighted by atomic mass is 32.2. The molecule has 0 fully saturated rings. The molecule has 2 heterocycles. The van der Waals surface area contributed by atoms with Crippen LogP contribution in [0.2, 0.25) is 0 Å². The molecule has 0 spiro atoms. The average Bonchev–Trinajstić information content (AvgIpc) is 3.22. The predicted molar refractivity (Wildman–Crippen MR) is 135 cm³/mol. The number of thioether (sulfide) groups is 1. The number of hydrogen-bond acceptors (Lipinski definition) is 8. The van der Waals surface area contributed by atoms with Gasteiger partial charge in [-0.2, -0.15) is 11.8 Å². The minimum atomic E-state index is 0.550. The van der Waals surface area contributed by atoms with Gasteiger partial charge in [0.05, 0.1) is 35.2 Å². The van der Waals surface area contributed by atoms with Crippen molar-refractivity contribution in [3.05, 3.63) is 52.6 Å². The Bertz CT molecular complexity index is 1230. The Morgan fingerprint density at radius 1 is 1.00 bits per heavy atom. The molecule has 0 aliphatic rings. The van der Waals surface area contributed by atoms with Crippen molar-refractivity contribution in [2.24, 2.45) is 0 Å². The van der Waals surface area contributed by atoms with Gasteiger partial charge in [-0.25, -0.2) is 15.0 Å². The standard InChI is InChI=1S/C24H26N4O2S2/c1-5-29-21-11-18-19(12-22(21)30-6-2)27-23(14-31-4)28-24(18)26-17-9-7-8-16(10-17)20-13-32-15(3)25-20/h7-13H,5-6,14H2,1-4H3,(H,26,27,28). The zero-order valence-electron chi connectivity index (χ0n) is 18.6. The van der Waals surface area contributed by atoms with Crippen LogP contribution in [0, 0.1) is 6.92 Å². The smallest absolute Gasteiger partial charge is 0.163 e. The lowest BCUT2D eigenvalue weighted by Crippen LogP contribution is -2.03. The molecule has 0 bridgehead atoms. The summed E-state index contributed by atoms with van der Waals surface area (Å²) in [6.45, 7) is 7.05. The summed E-state index contributed by atoms with van der Waals surface area (Å²) >= 11 is 3.34. The highest BCUT2D eigenvalue weighted by molar-refractivity contribution is 7.97. The molecule has 0 atom stereocenters. The van der Waals surface area contributed by atoms with Crippen LogP contribution in [0.5, 0.6) is 11.5 Å². The van der Waals surface area contributed by atoms with Crippen LogP contribution in [0.3, 0.4) is 0 Å². The normalized spacial score (nSPS) is 11.0. The number of aromatic nitrogens is 3. The summed E-state index contributed by atoms with van der Waals surface area (Å²) < 4.78 is 11.6. The molecule has 6 nitrogen and oxygen atoms in total. The van der Waals surface area contributed by atoms with Crippen LogP contribution in [-0.4, -0.2) is 34.4 Å². The second-order valence-electron chi connectivity index (χ2n) is 7.06. The van der Waals surface area contributed by atoms with Gasteiger partial charge in [0.15, 0.2) is 11.5 Å². The molecule has 0 saturated carbocycles. The second kappa shape index (κ2) is 10.2. The van der Waals surface area contributed by atoms with Crippen LogP contribution in [0.4, 0.5) is 11.5 Å². The molecule has 166 valence electrons. The summed E-state index contributed by atoms with van der Waals surface area (Å²) in [5, 5.41) is 7.52. The molecule has 2 aromatic carbocycles. The molecule has 4 rings (SSSR count). The number of anilines is 2. The summed E-state index contributed by atoms with van der Waals surface area (Å²) in [4.78, 5) is 14.2. The lowest BCUT2D eigenvalue weighted by atomic mass is 10.1. The lowest BCUT2D eigenvalue weighted by Gasteiger charge is -2.15. The van der Waals surface area contributed by atoms with E-state index in [1.165, 1.54) is 0 Å². The van der Waals surface area contributed by atoms with Crippen molar-refractivity contribution in [2.45, 2.75) is 26.5 Å². The number of fused-ring (bicyclic) bond motifs is 1. The Morgan fingerprint density at radius 3 is 2.47 bits per heavy atom. The van der Waals surface area contributed by atoms with Crippen LogP contribution in [0.1, 0.15) is 24.7 Å². The summed E-state index contributed by atoms with van der Waals surface area (Å²) in [5.74, 6) is 3.63. The van der Waals surface area contributed by atoms with Crippen molar-refractivity contribution >= 4 is 45.5 Å². The third kappa shape index (κ3) is 4.97. The SMILES string of the molecule is CCOc1cc2nc(CSC)nc(Nc3cccc(-c4csc(C)n4)c3)c2cc1OCC.